The molecule has 0 aromatic heterocycles. The number of alkyl halides is 3. The first kappa shape index (κ1) is 12.8. The average Bonchev–Trinajstić information content (AvgIpc) is 2.25. The Kier molecular flexibility index (Phi) is 4.18. The summed E-state index contributed by atoms with van der Waals surface area (Å²) < 4.78 is 42.0. The summed E-state index contributed by atoms with van der Waals surface area (Å²) in [4.78, 5) is 0. The maximum absolute atomic E-state index is 12.3. The number of benzene rings is 1. The van der Waals surface area contributed by atoms with Crippen LogP contribution in [0.25, 0.3) is 0 Å². The van der Waals surface area contributed by atoms with Gasteiger partial charge < -0.3 is 9.84 Å². The van der Waals surface area contributed by atoms with E-state index < -0.39 is 17.8 Å². The van der Waals surface area contributed by atoms with E-state index in [4.69, 9.17) is 9.84 Å². The van der Waals surface area contributed by atoms with Gasteiger partial charge in [-0.1, -0.05) is 13.0 Å². The van der Waals surface area contributed by atoms with Crippen LogP contribution in [0.3, 0.4) is 0 Å². The number of aliphatic hydroxyl groups excluding tert-OH is 1. The minimum Gasteiger partial charge on any atom is -0.491 e. The Bertz CT molecular complexity index is 336. The van der Waals surface area contributed by atoms with Crippen molar-refractivity contribution in [3.8, 4) is 5.75 Å². The molecule has 0 saturated carbocycles. The van der Waals surface area contributed by atoms with Gasteiger partial charge in [-0.05, 0) is 24.6 Å². The second kappa shape index (κ2) is 5.21. The van der Waals surface area contributed by atoms with Crippen LogP contribution in [-0.4, -0.2) is 17.8 Å². The SMILES string of the molecule is [CH2]CC(O)COc1cccc(C(F)(F)F)c1. The Morgan fingerprint density at radius 2 is 2.06 bits per heavy atom. The van der Waals surface area contributed by atoms with Crippen LogP contribution >= 0.6 is 0 Å². The van der Waals surface area contributed by atoms with Crippen molar-refractivity contribution < 1.29 is 23.0 Å². The molecule has 1 radical (unpaired) electrons. The first-order valence-electron chi connectivity index (χ1n) is 4.71. The van der Waals surface area contributed by atoms with E-state index >= 15 is 0 Å². The molecule has 1 N–H and O–H groups in total. The lowest BCUT2D eigenvalue weighted by Crippen LogP contribution is -2.16. The standard InChI is InChI=1S/C11H12F3O2/c1-2-9(15)7-16-10-5-3-4-8(6-10)11(12,13)14/h3-6,9,15H,1-2,7H2. The van der Waals surface area contributed by atoms with E-state index in [1.54, 1.807) is 0 Å². The average molecular weight is 233 g/mol. The van der Waals surface area contributed by atoms with Crippen molar-refractivity contribution in [2.75, 3.05) is 6.61 Å². The molecule has 16 heavy (non-hydrogen) atoms. The molecule has 89 valence electrons. The van der Waals surface area contributed by atoms with Gasteiger partial charge in [0.1, 0.15) is 12.4 Å². The smallest absolute Gasteiger partial charge is 0.416 e. The van der Waals surface area contributed by atoms with Gasteiger partial charge >= 0.3 is 6.18 Å². The topological polar surface area (TPSA) is 29.5 Å². The summed E-state index contributed by atoms with van der Waals surface area (Å²) in [5, 5.41) is 9.14. The van der Waals surface area contributed by atoms with E-state index in [9.17, 15) is 13.2 Å². The maximum Gasteiger partial charge on any atom is 0.416 e. The summed E-state index contributed by atoms with van der Waals surface area (Å²) in [5.74, 6) is 0.0855. The molecule has 1 aromatic rings. The fourth-order valence-electron chi connectivity index (χ4n) is 1.04. The molecule has 2 nitrogen and oxygen atoms in total. The molecule has 5 heteroatoms. The molecule has 1 aromatic carbocycles. The Morgan fingerprint density at radius 3 is 2.62 bits per heavy atom. The first-order valence-corrected chi connectivity index (χ1v) is 4.71. The third-order valence-electron chi connectivity index (χ3n) is 1.94. The van der Waals surface area contributed by atoms with Gasteiger partial charge in [-0.25, -0.2) is 0 Å². The van der Waals surface area contributed by atoms with Crippen molar-refractivity contribution in [2.24, 2.45) is 0 Å². The molecule has 0 heterocycles. The van der Waals surface area contributed by atoms with Gasteiger partial charge in [0.05, 0.1) is 11.7 Å². The van der Waals surface area contributed by atoms with E-state index in [1.165, 1.54) is 12.1 Å². The quantitative estimate of drug-likeness (QED) is 0.866. The highest BCUT2D eigenvalue weighted by atomic mass is 19.4. The second-order valence-corrected chi connectivity index (χ2v) is 3.28. The van der Waals surface area contributed by atoms with Crippen LogP contribution in [0.5, 0.6) is 5.75 Å². The van der Waals surface area contributed by atoms with Crippen LogP contribution in [0.2, 0.25) is 0 Å². The van der Waals surface area contributed by atoms with E-state index in [0.717, 1.165) is 12.1 Å². The zero-order valence-corrected chi connectivity index (χ0v) is 8.50. The van der Waals surface area contributed by atoms with Gasteiger partial charge in [-0.2, -0.15) is 13.2 Å². The van der Waals surface area contributed by atoms with Crippen LogP contribution in [0.1, 0.15) is 12.0 Å². The monoisotopic (exact) mass is 233 g/mol. The summed E-state index contributed by atoms with van der Waals surface area (Å²) in [6.07, 6.45) is -4.90. The molecular weight excluding hydrogens is 221 g/mol. The van der Waals surface area contributed by atoms with E-state index in [1.807, 2.05) is 0 Å². The molecule has 0 saturated heterocycles. The van der Waals surface area contributed by atoms with Crippen molar-refractivity contribution in [3.05, 3.63) is 36.8 Å². The normalized spacial score (nSPS) is 13.6. The highest BCUT2D eigenvalue weighted by Crippen LogP contribution is 2.31. The molecule has 0 bridgehead atoms. The molecule has 1 atom stereocenters. The van der Waals surface area contributed by atoms with Crippen LogP contribution in [0, 0.1) is 6.92 Å². The molecule has 0 aliphatic carbocycles. The Morgan fingerprint density at radius 1 is 1.38 bits per heavy atom. The number of ether oxygens (including phenoxy) is 1. The molecule has 0 spiro atoms. The molecule has 0 aliphatic rings. The minimum atomic E-state index is -4.38. The Labute approximate surface area is 91.7 Å². The number of halogens is 3. The fourth-order valence-corrected chi connectivity index (χ4v) is 1.04. The van der Waals surface area contributed by atoms with Crippen molar-refractivity contribution >= 4 is 0 Å². The van der Waals surface area contributed by atoms with Gasteiger partial charge in [0.15, 0.2) is 0 Å². The van der Waals surface area contributed by atoms with Crippen molar-refractivity contribution in [2.45, 2.75) is 18.7 Å². The third kappa shape index (κ3) is 3.73. The summed E-state index contributed by atoms with van der Waals surface area (Å²) in [7, 11) is 0. The molecule has 0 amide bonds. The molecule has 1 rings (SSSR count). The van der Waals surface area contributed by atoms with Crippen molar-refractivity contribution in [1.29, 1.82) is 0 Å². The second-order valence-electron chi connectivity index (χ2n) is 3.28. The van der Waals surface area contributed by atoms with Gasteiger partial charge in [0, 0.05) is 0 Å². The molecular formula is C11H12F3O2. The van der Waals surface area contributed by atoms with E-state index in [2.05, 4.69) is 6.92 Å². The Balaban J connectivity index is 2.68. The van der Waals surface area contributed by atoms with Crippen LogP contribution < -0.4 is 4.74 Å². The molecule has 1 unspecified atom stereocenters. The third-order valence-corrected chi connectivity index (χ3v) is 1.94. The highest BCUT2D eigenvalue weighted by molar-refractivity contribution is 5.30. The lowest BCUT2D eigenvalue weighted by Gasteiger charge is -2.12. The molecule has 0 fully saturated rings. The predicted molar refractivity (Wildman–Crippen MR) is 52.9 cm³/mol. The predicted octanol–water partition coefficient (Wildman–Crippen LogP) is 2.67. The zero-order valence-electron chi connectivity index (χ0n) is 8.50. The summed E-state index contributed by atoms with van der Waals surface area (Å²) in [6.45, 7) is 3.38. The summed E-state index contributed by atoms with van der Waals surface area (Å²) >= 11 is 0. The summed E-state index contributed by atoms with van der Waals surface area (Å²) in [6, 6.07) is 4.53. The zero-order chi connectivity index (χ0) is 12.2. The lowest BCUT2D eigenvalue weighted by molar-refractivity contribution is -0.137. The maximum atomic E-state index is 12.3. The fraction of sp³-hybridized carbons (Fsp3) is 0.364. The van der Waals surface area contributed by atoms with Crippen molar-refractivity contribution in [3.63, 3.8) is 0 Å². The van der Waals surface area contributed by atoms with Crippen LogP contribution in [-0.2, 0) is 6.18 Å². The first-order chi connectivity index (χ1) is 7.43. The van der Waals surface area contributed by atoms with Gasteiger partial charge in [-0.15, -0.1) is 0 Å². The van der Waals surface area contributed by atoms with Crippen molar-refractivity contribution in [1.82, 2.24) is 0 Å². The summed E-state index contributed by atoms with van der Waals surface area (Å²) in [5.41, 5.74) is -0.769. The highest BCUT2D eigenvalue weighted by Gasteiger charge is 2.30. The molecule has 0 aliphatic heterocycles. The van der Waals surface area contributed by atoms with Gasteiger partial charge in [-0.3, -0.25) is 0 Å². The van der Waals surface area contributed by atoms with Gasteiger partial charge in [0.2, 0.25) is 0 Å². The number of hydrogen-bond acceptors (Lipinski definition) is 2. The van der Waals surface area contributed by atoms with Gasteiger partial charge in [0.25, 0.3) is 0 Å². The number of aliphatic hydroxyl groups is 1. The van der Waals surface area contributed by atoms with E-state index in [-0.39, 0.29) is 18.8 Å². The Hall–Kier alpha value is -1.23. The largest absolute Gasteiger partial charge is 0.491 e. The minimum absolute atomic E-state index is 0.0647. The number of rotatable bonds is 4. The van der Waals surface area contributed by atoms with Crippen LogP contribution in [0.15, 0.2) is 24.3 Å². The van der Waals surface area contributed by atoms with Crippen LogP contribution in [0.4, 0.5) is 13.2 Å². The lowest BCUT2D eigenvalue weighted by atomic mass is 10.2. The number of hydrogen-bond donors (Lipinski definition) is 1. The van der Waals surface area contributed by atoms with E-state index in [0.29, 0.717) is 0 Å².